The van der Waals surface area contributed by atoms with Gasteiger partial charge in [-0.25, -0.2) is 4.98 Å². The predicted octanol–water partition coefficient (Wildman–Crippen LogP) is 2.82. The summed E-state index contributed by atoms with van der Waals surface area (Å²) in [6.45, 7) is 5.94. The second kappa shape index (κ2) is 6.76. The average molecular weight is 354 g/mol. The molecule has 0 amide bonds. The standard InChI is InChI=1S/C20H26N4O2/c1-20(2)17(14-9-10-25-18(14)20)24-19(21-3)22-11-15-16(26-12-23-15)13-7-5-4-6-8-13/h4-8,12,14,17-18H,9-11H2,1-3H3,(H2,21,22,24). The minimum absolute atomic E-state index is 0.113. The number of benzene rings is 1. The average Bonchev–Trinajstić information content (AvgIpc) is 3.30. The lowest BCUT2D eigenvalue weighted by molar-refractivity contribution is -0.106. The van der Waals surface area contributed by atoms with Crippen molar-refractivity contribution >= 4 is 5.96 Å². The van der Waals surface area contributed by atoms with Crippen molar-refractivity contribution < 1.29 is 9.15 Å². The van der Waals surface area contributed by atoms with E-state index >= 15 is 0 Å². The fourth-order valence-corrected chi connectivity index (χ4v) is 4.35. The zero-order valence-electron chi connectivity index (χ0n) is 15.5. The summed E-state index contributed by atoms with van der Waals surface area (Å²) in [5, 5.41) is 6.96. The van der Waals surface area contributed by atoms with Crippen LogP contribution in [0.25, 0.3) is 11.3 Å². The summed E-state index contributed by atoms with van der Waals surface area (Å²) >= 11 is 0. The van der Waals surface area contributed by atoms with Gasteiger partial charge in [-0.05, 0) is 6.42 Å². The summed E-state index contributed by atoms with van der Waals surface area (Å²) in [7, 11) is 1.80. The number of oxazole rings is 1. The highest BCUT2D eigenvalue weighted by Gasteiger charge is 2.59. The number of rotatable bonds is 4. The van der Waals surface area contributed by atoms with E-state index < -0.39 is 0 Å². The van der Waals surface area contributed by atoms with Gasteiger partial charge in [0, 0.05) is 36.6 Å². The molecule has 138 valence electrons. The topological polar surface area (TPSA) is 71.7 Å². The molecule has 3 unspecified atom stereocenters. The normalized spacial score (nSPS) is 26.9. The van der Waals surface area contributed by atoms with Crippen LogP contribution in [-0.4, -0.2) is 36.7 Å². The van der Waals surface area contributed by atoms with Crippen LogP contribution in [-0.2, 0) is 11.3 Å². The summed E-state index contributed by atoms with van der Waals surface area (Å²) < 4.78 is 11.5. The molecule has 0 radical (unpaired) electrons. The smallest absolute Gasteiger partial charge is 0.191 e. The lowest BCUT2D eigenvalue weighted by Gasteiger charge is -2.54. The van der Waals surface area contributed by atoms with Crippen molar-refractivity contribution in [2.45, 2.75) is 39.0 Å². The lowest BCUT2D eigenvalue weighted by Crippen LogP contribution is -2.67. The molecule has 1 aromatic carbocycles. The van der Waals surface area contributed by atoms with E-state index in [2.05, 4.69) is 34.5 Å². The Hall–Kier alpha value is -2.34. The van der Waals surface area contributed by atoms with E-state index in [0.717, 1.165) is 36.0 Å². The maximum Gasteiger partial charge on any atom is 0.191 e. The minimum Gasteiger partial charge on any atom is -0.443 e. The van der Waals surface area contributed by atoms with Crippen LogP contribution in [0.1, 0.15) is 26.0 Å². The first kappa shape index (κ1) is 17.1. The molecular weight excluding hydrogens is 328 g/mol. The van der Waals surface area contributed by atoms with Gasteiger partial charge in [-0.2, -0.15) is 0 Å². The summed E-state index contributed by atoms with van der Waals surface area (Å²) in [6.07, 6.45) is 2.97. The predicted molar refractivity (Wildman–Crippen MR) is 101 cm³/mol. The third-order valence-electron chi connectivity index (χ3n) is 5.72. The summed E-state index contributed by atoms with van der Waals surface area (Å²) in [6, 6.07) is 10.4. The molecule has 26 heavy (non-hydrogen) atoms. The number of hydrogen-bond donors (Lipinski definition) is 2. The second-order valence-corrected chi connectivity index (χ2v) is 7.61. The lowest BCUT2D eigenvalue weighted by atomic mass is 9.57. The van der Waals surface area contributed by atoms with Gasteiger partial charge in [0.25, 0.3) is 0 Å². The highest BCUT2D eigenvalue weighted by Crippen LogP contribution is 2.52. The fourth-order valence-electron chi connectivity index (χ4n) is 4.35. The molecule has 1 aliphatic carbocycles. The molecule has 3 atom stereocenters. The van der Waals surface area contributed by atoms with Crippen molar-refractivity contribution in [3.8, 4) is 11.3 Å². The van der Waals surface area contributed by atoms with E-state index in [1.54, 1.807) is 7.05 Å². The Bertz CT molecular complexity index is 784. The largest absolute Gasteiger partial charge is 0.443 e. The molecule has 1 aliphatic heterocycles. The van der Waals surface area contributed by atoms with Crippen molar-refractivity contribution in [3.63, 3.8) is 0 Å². The maximum absolute atomic E-state index is 5.87. The highest BCUT2D eigenvalue weighted by atomic mass is 16.5. The minimum atomic E-state index is 0.113. The Morgan fingerprint density at radius 1 is 1.31 bits per heavy atom. The van der Waals surface area contributed by atoms with Crippen LogP contribution in [0.5, 0.6) is 0 Å². The van der Waals surface area contributed by atoms with Crippen molar-refractivity contribution in [2.24, 2.45) is 16.3 Å². The zero-order valence-corrected chi connectivity index (χ0v) is 15.5. The van der Waals surface area contributed by atoms with Crippen LogP contribution in [0.3, 0.4) is 0 Å². The molecular formula is C20H26N4O2. The van der Waals surface area contributed by atoms with Crippen LogP contribution >= 0.6 is 0 Å². The van der Waals surface area contributed by atoms with Crippen LogP contribution in [0.15, 0.2) is 46.1 Å². The van der Waals surface area contributed by atoms with Gasteiger partial charge in [0.1, 0.15) is 5.69 Å². The Labute approximate surface area is 154 Å². The molecule has 1 saturated heterocycles. The van der Waals surface area contributed by atoms with Gasteiger partial charge in [0.05, 0.1) is 12.6 Å². The number of hydrogen-bond acceptors (Lipinski definition) is 4. The first-order chi connectivity index (χ1) is 12.6. The quantitative estimate of drug-likeness (QED) is 0.653. The van der Waals surface area contributed by atoms with Crippen LogP contribution in [0, 0.1) is 11.3 Å². The molecule has 6 nitrogen and oxygen atoms in total. The molecule has 2 N–H and O–H groups in total. The van der Waals surface area contributed by atoms with E-state index in [-0.39, 0.29) is 5.41 Å². The van der Waals surface area contributed by atoms with Crippen molar-refractivity contribution in [2.75, 3.05) is 13.7 Å². The van der Waals surface area contributed by atoms with Crippen LogP contribution in [0.2, 0.25) is 0 Å². The van der Waals surface area contributed by atoms with Crippen LogP contribution < -0.4 is 10.6 Å². The molecule has 2 heterocycles. The van der Waals surface area contributed by atoms with E-state index in [4.69, 9.17) is 9.15 Å². The van der Waals surface area contributed by atoms with E-state index in [9.17, 15) is 0 Å². The number of aromatic nitrogens is 1. The molecule has 2 fully saturated rings. The zero-order chi connectivity index (χ0) is 18.1. The van der Waals surface area contributed by atoms with Gasteiger partial charge in [-0.1, -0.05) is 44.2 Å². The summed E-state index contributed by atoms with van der Waals surface area (Å²) in [5.41, 5.74) is 2.01. The molecule has 4 rings (SSSR count). The summed E-state index contributed by atoms with van der Waals surface area (Å²) in [4.78, 5) is 8.75. The molecule has 1 aromatic heterocycles. The first-order valence-corrected chi connectivity index (χ1v) is 9.18. The van der Waals surface area contributed by atoms with Crippen molar-refractivity contribution in [1.82, 2.24) is 15.6 Å². The van der Waals surface area contributed by atoms with Crippen molar-refractivity contribution in [3.05, 3.63) is 42.4 Å². The monoisotopic (exact) mass is 354 g/mol. The molecule has 0 spiro atoms. The van der Waals surface area contributed by atoms with E-state index in [1.807, 2.05) is 30.3 Å². The van der Waals surface area contributed by atoms with Crippen molar-refractivity contribution in [1.29, 1.82) is 0 Å². The van der Waals surface area contributed by atoms with Gasteiger partial charge >= 0.3 is 0 Å². The van der Waals surface area contributed by atoms with Gasteiger partial charge in [0.2, 0.25) is 0 Å². The number of nitrogens with one attached hydrogen (secondary N) is 2. The van der Waals surface area contributed by atoms with Crippen LogP contribution in [0.4, 0.5) is 0 Å². The molecule has 2 aromatic rings. The SMILES string of the molecule is CN=C(NCc1ncoc1-c1ccccc1)NC1C2CCOC2C1(C)C. The molecule has 2 aliphatic rings. The van der Waals surface area contributed by atoms with Gasteiger partial charge in [-0.3, -0.25) is 4.99 Å². The van der Waals surface area contributed by atoms with Gasteiger partial charge in [-0.15, -0.1) is 0 Å². The van der Waals surface area contributed by atoms with E-state index in [0.29, 0.717) is 24.6 Å². The Kier molecular flexibility index (Phi) is 4.44. The first-order valence-electron chi connectivity index (χ1n) is 9.18. The number of guanidine groups is 1. The maximum atomic E-state index is 5.87. The van der Waals surface area contributed by atoms with E-state index in [1.165, 1.54) is 6.39 Å². The molecule has 6 heteroatoms. The molecule has 0 bridgehead atoms. The third-order valence-corrected chi connectivity index (χ3v) is 5.72. The number of nitrogens with zero attached hydrogens (tertiary/aromatic N) is 2. The Morgan fingerprint density at radius 3 is 2.88 bits per heavy atom. The third kappa shape index (κ3) is 2.88. The number of aliphatic imine (C=N–C) groups is 1. The summed E-state index contributed by atoms with van der Waals surface area (Å²) in [5.74, 6) is 2.15. The van der Waals surface area contributed by atoms with Gasteiger partial charge < -0.3 is 19.8 Å². The number of fused-ring (bicyclic) bond motifs is 1. The Balaban J connectivity index is 1.41. The Morgan fingerprint density at radius 2 is 2.12 bits per heavy atom. The van der Waals surface area contributed by atoms with Gasteiger partial charge in [0.15, 0.2) is 18.1 Å². The fraction of sp³-hybridized carbons (Fsp3) is 0.500. The molecule has 1 saturated carbocycles. The second-order valence-electron chi connectivity index (χ2n) is 7.61. The highest BCUT2D eigenvalue weighted by molar-refractivity contribution is 5.80. The number of ether oxygens (including phenoxy) is 1.